The van der Waals surface area contributed by atoms with Crippen molar-refractivity contribution in [1.29, 1.82) is 0 Å². The monoisotopic (exact) mass is 338 g/mol. The second-order valence-corrected chi connectivity index (χ2v) is 6.18. The van der Waals surface area contributed by atoms with Crippen molar-refractivity contribution in [3.8, 4) is 0 Å². The molecule has 0 aliphatic carbocycles. The molecule has 1 heterocycles. The summed E-state index contributed by atoms with van der Waals surface area (Å²) in [7, 11) is 0. The summed E-state index contributed by atoms with van der Waals surface area (Å²) in [4.78, 5) is 36.0. The molecule has 0 saturated carbocycles. The molecule has 0 radical (unpaired) electrons. The van der Waals surface area contributed by atoms with E-state index in [4.69, 9.17) is 4.42 Å². The summed E-state index contributed by atoms with van der Waals surface area (Å²) < 4.78 is 5.01. The molecule has 2 amide bonds. The first-order valence-electron chi connectivity index (χ1n) is 8.12. The van der Waals surface area contributed by atoms with E-state index < -0.39 is 29.2 Å². The summed E-state index contributed by atoms with van der Waals surface area (Å²) in [6, 6.07) is 2.32. The Kier molecular flexibility index (Phi) is 7.00. The van der Waals surface area contributed by atoms with Crippen LogP contribution in [0.2, 0.25) is 0 Å². The molecule has 1 aromatic heterocycles. The van der Waals surface area contributed by atoms with Crippen molar-refractivity contribution < 1.29 is 23.9 Å². The minimum Gasteiger partial charge on any atom is -0.481 e. The molecule has 24 heavy (non-hydrogen) atoms. The molecular formula is C17H26N2O5. The third-order valence-electron chi connectivity index (χ3n) is 4.39. The molecule has 0 aliphatic heterocycles. The Morgan fingerprint density at radius 2 is 1.88 bits per heavy atom. The van der Waals surface area contributed by atoms with E-state index in [0.29, 0.717) is 12.8 Å². The van der Waals surface area contributed by atoms with Gasteiger partial charge in [0.25, 0.3) is 5.91 Å². The van der Waals surface area contributed by atoms with Crippen molar-refractivity contribution >= 4 is 17.8 Å². The first-order chi connectivity index (χ1) is 11.3. The molecule has 0 aromatic carbocycles. The lowest BCUT2D eigenvalue weighted by Gasteiger charge is -2.29. The Morgan fingerprint density at radius 1 is 1.25 bits per heavy atom. The number of carboxylic acid groups (broad SMARTS) is 1. The van der Waals surface area contributed by atoms with Crippen molar-refractivity contribution in [2.75, 3.05) is 6.54 Å². The van der Waals surface area contributed by atoms with Crippen molar-refractivity contribution in [2.45, 2.75) is 46.6 Å². The van der Waals surface area contributed by atoms with Crippen molar-refractivity contribution in [3.05, 3.63) is 24.2 Å². The van der Waals surface area contributed by atoms with Crippen LogP contribution in [0.25, 0.3) is 0 Å². The molecule has 0 aliphatic rings. The smallest absolute Gasteiger partial charge is 0.311 e. The summed E-state index contributed by atoms with van der Waals surface area (Å²) in [5, 5.41) is 14.7. The van der Waals surface area contributed by atoms with E-state index in [-0.39, 0.29) is 18.2 Å². The molecule has 0 saturated heterocycles. The lowest BCUT2D eigenvalue weighted by molar-refractivity contribution is -0.149. The van der Waals surface area contributed by atoms with Gasteiger partial charge >= 0.3 is 5.97 Å². The fourth-order valence-corrected chi connectivity index (χ4v) is 2.40. The second-order valence-electron chi connectivity index (χ2n) is 6.18. The number of carbonyl (C=O) groups excluding carboxylic acids is 2. The molecule has 1 unspecified atom stereocenters. The maximum absolute atomic E-state index is 12.4. The highest BCUT2D eigenvalue weighted by atomic mass is 16.4. The topological polar surface area (TPSA) is 109 Å². The third kappa shape index (κ3) is 4.59. The number of hydrogen-bond acceptors (Lipinski definition) is 4. The van der Waals surface area contributed by atoms with Gasteiger partial charge in [-0.15, -0.1) is 0 Å². The van der Waals surface area contributed by atoms with Crippen LogP contribution in [0.4, 0.5) is 0 Å². The highest BCUT2D eigenvalue weighted by molar-refractivity contribution is 5.95. The fraction of sp³-hybridized carbons (Fsp3) is 0.588. The van der Waals surface area contributed by atoms with Gasteiger partial charge in [0.15, 0.2) is 5.76 Å². The summed E-state index contributed by atoms with van der Waals surface area (Å²) in [6.07, 6.45) is 2.19. The quantitative estimate of drug-likeness (QED) is 0.638. The Balaban J connectivity index is 2.77. The van der Waals surface area contributed by atoms with Crippen LogP contribution in [0, 0.1) is 11.3 Å². The predicted octanol–water partition coefficient (Wildman–Crippen LogP) is 2.04. The molecule has 7 nitrogen and oxygen atoms in total. The van der Waals surface area contributed by atoms with Crippen LogP contribution in [-0.4, -0.2) is 35.5 Å². The predicted molar refractivity (Wildman–Crippen MR) is 88.5 cm³/mol. The van der Waals surface area contributed by atoms with Crippen LogP contribution in [0.1, 0.15) is 51.1 Å². The molecule has 1 rings (SSSR count). The molecule has 0 fully saturated rings. The maximum atomic E-state index is 12.4. The SMILES string of the molecule is CCC(CC)(CNC(=O)C(NC(=O)c1ccco1)C(C)C)C(=O)O. The van der Waals surface area contributed by atoms with E-state index in [1.165, 1.54) is 12.3 Å². The molecule has 0 bridgehead atoms. The van der Waals surface area contributed by atoms with Gasteiger partial charge in [0.05, 0.1) is 11.7 Å². The fourth-order valence-electron chi connectivity index (χ4n) is 2.40. The first kappa shape index (κ1) is 19.7. The standard InChI is InChI=1S/C17H26N2O5/c1-5-17(6-2,16(22)23)10-18-15(21)13(11(3)4)19-14(20)12-8-7-9-24-12/h7-9,11,13H,5-6,10H2,1-4H3,(H,18,21)(H,19,20)(H,22,23). The van der Waals surface area contributed by atoms with E-state index in [1.54, 1.807) is 33.8 Å². The lowest BCUT2D eigenvalue weighted by atomic mass is 9.82. The molecule has 7 heteroatoms. The van der Waals surface area contributed by atoms with Gasteiger partial charge in [-0.1, -0.05) is 27.7 Å². The van der Waals surface area contributed by atoms with Gasteiger partial charge in [-0.25, -0.2) is 0 Å². The molecule has 134 valence electrons. The van der Waals surface area contributed by atoms with Gasteiger partial charge in [0.2, 0.25) is 5.91 Å². The number of carboxylic acids is 1. The lowest BCUT2D eigenvalue weighted by Crippen LogP contribution is -2.52. The van der Waals surface area contributed by atoms with Gasteiger partial charge in [0, 0.05) is 6.54 Å². The van der Waals surface area contributed by atoms with Gasteiger partial charge < -0.3 is 20.2 Å². The Morgan fingerprint density at radius 3 is 2.29 bits per heavy atom. The van der Waals surface area contributed by atoms with Crippen molar-refractivity contribution in [3.63, 3.8) is 0 Å². The van der Waals surface area contributed by atoms with Crippen LogP contribution in [0.3, 0.4) is 0 Å². The minimum atomic E-state index is -0.998. The van der Waals surface area contributed by atoms with Crippen molar-refractivity contribution in [2.24, 2.45) is 11.3 Å². The number of amides is 2. The van der Waals surface area contributed by atoms with E-state index in [1.807, 2.05) is 0 Å². The Hall–Kier alpha value is -2.31. The number of aliphatic carboxylic acids is 1. The number of rotatable bonds is 9. The molecule has 1 aromatic rings. The molecule has 1 atom stereocenters. The van der Waals surface area contributed by atoms with Gasteiger partial charge in [0.1, 0.15) is 6.04 Å². The normalized spacial score (nSPS) is 12.7. The number of hydrogen-bond donors (Lipinski definition) is 3. The zero-order valence-electron chi connectivity index (χ0n) is 14.6. The van der Waals surface area contributed by atoms with Crippen LogP contribution in [-0.2, 0) is 9.59 Å². The van der Waals surface area contributed by atoms with Crippen LogP contribution in [0.15, 0.2) is 22.8 Å². The van der Waals surface area contributed by atoms with Crippen LogP contribution < -0.4 is 10.6 Å². The van der Waals surface area contributed by atoms with E-state index >= 15 is 0 Å². The maximum Gasteiger partial charge on any atom is 0.311 e. The summed E-state index contributed by atoms with van der Waals surface area (Å²) in [5.41, 5.74) is -0.998. The van der Waals surface area contributed by atoms with E-state index in [0.717, 1.165) is 0 Å². The van der Waals surface area contributed by atoms with Gasteiger partial charge in [-0.05, 0) is 30.9 Å². The van der Waals surface area contributed by atoms with Gasteiger partial charge in [-0.3, -0.25) is 14.4 Å². The Bertz CT molecular complexity index is 562. The molecule has 0 spiro atoms. The van der Waals surface area contributed by atoms with E-state index in [9.17, 15) is 19.5 Å². The van der Waals surface area contributed by atoms with Crippen molar-refractivity contribution in [1.82, 2.24) is 10.6 Å². The second kappa shape index (κ2) is 8.52. The molecular weight excluding hydrogens is 312 g/mol. The van der Waals surface area contributed by atoms with Crippen LogP contribution in [0.5, 0.6) is 0 Å². The number of furan rings is 1. The summed E-state index contributed by atoms with van der Waals surface area (Å²) in [6.45, 7) is 7.19. The third-order valence-corrected chi connectivity index (χ3v) is 4.39. The van der Waals surface area contributed by atoms with Crippen LogP contribution >= 0.6 is 0 Å². The average molecular weight is 338 g/mol. The summed E-state index contributed by atoms with van der Waals surface area (Å²) in [5.74, 6) is -1.86. The van der Waals surface area contributed by atoms with E-state index in [2.05, 4.69) is 10.6 Å². The summed E-state index contributed by atoms with van der Waals surface area (Å²) >= 11 is 0. The molecule has 3 N–H and O–H groups in total. The zero-order chi connectivity index (χ0) is 18.3. The zero-order valence-corrected chi connectivity index (χ0v) is 14.6. The average Bonchev–Trinajstić information content (AvgIpc) is 3.07. The number of nitrogens with one attached hydrogen (secondary N) is 2. The first-order valence-corrected chi connectivity index (χ1v) is 8.12. The largest absolute Gasteiger partial charge is 0.481 e. The highest BCUT2D eigenvalue weighted by Crippen LogP contribution is 2.25. The Labute approximate surface area is 141 Å². The number of carbonyl (C=O) groups is 3. The highest BCUT2D eigenvalue weighted by Gasteiger charge is 2.36. The minimum absolute atomic E-state index is 0.0218. The van der Waals surface area contributed by atoms with Gasteiger partial charge in [-0.2, -0.15) is 0 Å².